The Morgan fingerprint density at radius 3 is 2.80 bits per heavy atom. The Morgan fingerprint density at radius 2 is 1.93 bits per heavy atom. The normalized spacial score (nSPS) is 14.4. The minimum absolute atomic E-state index is 0.0884. The highest BCUT2D eigenvalue weighted by Crippen LogP contribution is 2.35. The average molecular weight is 437 g/mol. The van der Waals surface area contributed by atoms with Crippen molar-refractivity contribution in [3.8, 4) is 10.6 Å². The molecular formula is C21H20N6OS2. The first-order valence-electron chi connectivity index (χ1n) is 9.93. The molecule has 9 heteroatoms. The molecule has 4 aromatic rings. The summed E-state index contributed by atoms with van der Waals surface area (Å²) < 4.78 is 3.00. The fourth-order valence-electron chi connectivity index (χ4n) is 3.74. The predicted octanol–water partition coefficient (Wildman–Crippen LogP) is 4.80. The number of anilines is 1. The number of amides is 1. The molecule has 1 saturated carbocycles. The van der Waals surface area contributed by atoms with E-state index in [2.05, 4.69) is 26.9 Å². The molecule has 0 spiro atoms. The molecule has 2 aromatic heterocycles. The number of fused-ring (bicyclic) bond motifs is 1. The van der Waals surface area contributed by atoms with Gasteiger partial charge in [0, 0.05) is 5.56 Å². The van der Waals surface area contributed by atoms with Crippen LogP contribution in [0.15, 0.2) is 53.7 Å². The molecule has 0 saturated heterocycles. The standard InChI is InChI=1S/C21H20N6OS2/c28-19(13-29-21-24-25-26-27(21)14-7-1-2-8-14)22-16-10-4-3-9-15(16)20-23-17-11-5-6-12-18(17)30-20/h3-6,9-12,14H,1-2,7-8,13H2,(H,22,28). The number of thioether (sulfide) groups is 1. The van der Waals surface area contributed by atoms with E-state index < -0.39 is 0 Å². The van der Waals surface area contributed by atoms with Gasteiger partial charge in [0.2, 0.25) is 11.1 Å². The number of carbonyl (C=O) groups excluding carboxylic acids is 1. The fourth-order valence-corrected chi connectivity index (χ4v) is 5.49. The molecule has 152 valence electrons. The summed E-state index contributed by atoms with van der Waals surface area (Å²) in [5.41, 5.74) is 2.65. The third-order valence-corrected chi connectivity index (χ3v) is 7.19. The highest BCUT2D eigenvalue weighted by molar-refractivity contribution is 7.99. The number of tetrazole rings is 1. The van der Waals surface area contributed by atoms with Crippen LogP contribution in [0.1, 0.15) is 31.7 Å². The van der Waals surface area contributed by atoms with Crippen molar-refractivity contribution in [2.45, 2.75) is 36.9 Å². The summed E-state index contributed by atoms with van der Waals surface area (Å²) in [6.45, 7) is 0. The second-order valence-electron chi connectivity index (χ2n) is 7.21. The van der Waals surface area contributed by atoms with Gasteiger partial charge in [0.05, 0.1) is 27.7 Å². The average Bonchev–Trinajstić information content (AvgIpc) is 3.52. The van der Waals surface area contributed by atoms with Gasteiger partial charge in [-0.1, -0.05) is 48.9 Å². The third kappa shape index (κ3) is 3.95. The number of benzene rings is 2. The SMILES string of the molecule is O=C(CSc1nnnn1C1CCCC1)Nc1ccccc1-c1nc2ccccc2s1. The molecule has 0 unspecified atom stereocenters. The molecule has 1 aliphatic rings. The van der Waals surface area contributed by atoms with E-state index in [0.29, 0.717) is 11.2 Å². The summed E-state index contributed by atoms with van der Waals surface area (Å²) in [6.07, 6.45) is 4.61. The van der Waals surface area contributed by atoms with Gasteiger partial charge in [-0.15, -0.1) is 16.4 Å². The van der Waals surface area contributed by atoms with Crippen LogP contribution in [0, 0.1) is 0 Å². The van der Waals surface area contributed by atoms with Gasteiger partial charge in [0.25, 0.3) is 0 Å². The van der Waals surface area contributed by atoms with E-state index in [4.69, 9.17) is 4.98 Å². The number of rotatable bonds is 6. The van der Waals surface area contributed by atoms with Crippen molar-refractivity contribution >= 4 is 44.9 Å². The summed E-state index contributed by atoms with van der Waals surface area (Å²) >= 11 is 3.00. The van der Waals surface area contributed by atoms with E-state index in [1.54, 1.807) is 11.3 Å². The predicted molar refractivity (Wildman–Crippen MR) is 120 cm³/mol. The number of para-hydroxylation sites is 2. The van der Waals surface area contributed by atoms with Gasteiger partial charge in [0.15, 0.2) is 0 Å². The Bertz CT molecular complexity index is 1150. The molecule has 7 nitrogen and oxygen atoms in total. The lowest BCUT2D eigenvalue weighted by atomic mass is 10.2. The van der Waals surface area contributed by atoms with Crippen LogP contribution in [0.4, 0.5) is 5.69 Å². The van der Waals surface area contributed by atoms with Crippen LogP contribution in [0.2, 0.25) is 0 Å². The molecule has 0 atom stereocenters. The van der Waals surface area contributed by atoms with Crippen molar-refractivity contribution in [1.29, 1.82) is 0 Å². The molecule has 2 aromatic carbocycles. The Labute approximate surface area is 181 Å². The first-order valence-corrected chi connectivity index (χ1v) is 11.7. The number of nitrogens with zero attached hydrogens (tertiary/aromatic N) is 5. The van der Waals surface area contributed by atoms with Crippen molar-refractivity contribution in [2.75, 3.05) is 11.1 Å². The van der Waals surface area contributed by atoms with E-state index >= 15 is 0 Å². The van der Waals surface area contributed by atoms with Gasteiger partial charge in [-0.25, -0.2) is 9.67 Å². The van der Waals surface area contributed by atoms with Crippen LogP contribution in [-0.2, 0) is 4.79 Å². The lowest BCUT2D eigenvalue weighted by Crippen LogP contribution is -2.16. The maximum atomic E-state index is 12.7. The number of thiazole rings is 1. The molecule has 5 rings (SSSR count). The number of carbonyl (C=O) groups is 1. The maximum Gasteiger partial charge on any atom is 0.234 e. The van der Waals surface area contributed by atoms with Gasteiger partial charge >= 0.3 is 0 Å². The largest absolute Gasteiger partial charge is 0.325 e. The molecule has 1 amide bonds. The number of hydrogen-bond acceptors (Lipinski definition) is 7. The van der Waals surface area contributed by atoms with E-state index in [0.717, 1.165) is 39.3 Å². The highest BCUT2D eigenvalue weighted by Gasteiger charge is 2.22. The maximum absolute atomic E-state index is 12.7. The molecule has 0 aliphatic heterocycles. The molecule has 1 fully saturated rings. The lowest BCUT2D eigenvalue weighted by molar-refractivity contribution is -0.113. The Morgan fingerprint density at radius 1 is 1.13 bits per heavy atom. The number of nitrogens with one attached hydrogen (secondary N) is 1. The zero-order chi connectivity index (χ0) is 20.3. The molecule has 2 heterocycles. The van der Waals surface area contributed by atoms with Gasteiger partial charge in [-0.3, -0.25) is 4.79 Å². The van der Waals surface area contributed by atoms with Gasteiger partial charge in [-0.2, -0.15) is 0 Å². The topological polar surface area (TPSA) is 85.6 Å². The zero-order valence-electron chi connectivity index (χ0n) is 16.2. The summed E-state index contributed by atoms with van der Waals surface area (Å²) in [6, 6.07) is 16.2. The smallest absolute Gasteiger partial charge is 0.234 e. The van der Waals surface area contributed by atoms with Crippen molar-refractivity contribution in [3.63, 3.8) is 0 Å². The lowest BCUT2D eigenvalue weighted by Gasteiger charge is -2.11. The minimum Gasteiger partial charge on any atom is -0.325 e. The highest BCUT2D eigenvalue weighted by atomic mass is 32.2. The summed E-state index contributed by atoms with van der Waals surface area (Å²) in [7, 11) is 0. The summed E-state index contributed by atoms with van der Waals surface area (Å²) in [5.74, 6) is 0.163. The molecule has 1 N–H and O–H groups in total. The van der Waals surface area contributed by atoms with Crippen LogP contribution in [0.3, 0.4) is 0 Å². The number of hydrogen-bond donors (Lipinski definition) is 1. The number of aromatic nitrogens is 5. The van der Waals surface area contributed by atoms with Gasteiger partial charge in [-0.05, 0) is 47.5 Å². The molecule has 30 heavy (non-hydrogen) atoms. The fraction of sp³-hybridized carbons (Fsp3) is 0.286. The third-order valence-electron chi connectivity index (χ3n) is 5.19. The van der Waals surface area contributed by atoms with Crippen LogP contribution in [0.25, 0.3) is 20.8 Å². The molecule has 1 aliphatic carbocycles. The Kier molecular flexibility index (Phi) is 5.46. The monoisotopic (exact) mass is 436 g/mol. The first kappa shape index (κ1) is 19.2. The van der Waals surface area contributed by atoms with Crippen LogP contribution in [0.5, 0.6) is 0 Å². The van der Waals surface area contributed by atoms with Gasteiger partial charge in [0.1, 0.15) is 5.01 Å². The van der Waals surface area contributed by atoms with E-state index in [-0.39, 0.29) is 11.7 Å². The van der Waals surface area contributed by atoms with Crippen LogP contribution >= 0.6 is 23.1 Å². The Balaban J connectivity index is 1.30. The van der Waals surface area contributed by atoms with Crippen LogP contribution < -0.4 is 5.32 Å². The second-order valence-corrected chi connectivity index (χ2v) is 9.19. The van der Waals surface area contributed by atoms with Crippen molar-refractivity contribution in [2.24, 2.45) is 0 Å². The second kappa shape index (κ2) is 8.53. The molecule has 0 radical (unpaired) electrons. The van der Waals surface area contributed by atoms with E-state index in [1.165, 1.54) is 24.6 Å². The minimum atomic E-state index is -0.0884. The first-order chi connectivity index (χ1) is 14.8. The van der Waals surface area contributed by atoms with Crippen molar-refractivity contribution in [1.82, 2.24) is 25.2 Å². The summed E-state index contributed by atoms with van der Waals surface area (Å²) in [5, 5.41) is 16.7. The van der Waals surface area contributed by atoms with Crippen molar-refractivity contribution < 1.29 is 4.79 Å². The quantitative estimate of drug-likeness (QED) is 0.437. The van der Waals surface area contributed by atoms with E-state index in [1.807, 2.05) is 47.1 Å². The van der Waals surface area contributed by atoms with Crippen LogP contribution in [-0.4, -0.2) is 36.9 Å². The van der Waals surface area contributed by atoms with E-state index in [9.17, 15) is 4.79 Å². The zero-order valence-corrected chi connectivity index (χ0v) is 17.8. The summed E-state index contributed by atoms with van der Waals surface area (Å²) in [4.78, 5) is 17.4. The Hall–Kier alpha value is -2.78. The molecule has 0 bridgehead atoms. The van der Waals surface area contributed by atoms with Gasteiger partial charge < -0.3 is 5.32 Å². The molecular weight excluding hydrogens is 416 g/mol. The van der Waals surface area contributed by atoms with Crippen molar-refractivity contribution in [3.05, 3.63) is 48.5 Å².